The number of carbonyl (C=O) groups excluding carboxylic acids is 1. The van der Waals surface area contributed by atoms with Crippen LogP contribution in [0.15, 0.2) is 53.4 Å². The monoisotopic (exact) mass is 358 g/mol. The fourth-order valence-corrected chi connectivity index (χ4v) is 3.86. The molecule has 6 heteroatoms. The summed E-state index contributed by atoms with van der Waals surface area (Å²) in [4.78, 5) is 14.7. The van der Waals surface area contributed by atoms with Crippen LogP contribution in [0, 0.1) is 0 Å². The van der Waals surface area contributed by atoms with Gasteiger partial charge in [0.2, 0.25) is 15.9 Å². The fourth-order valence-electron chi connectivity index (χ4n) is 3.13. The molecule has 3 rings (SSSR count). The third kappa shape index (κ3) is 3.91. The van der Waals surface area contributed by atoms with Crippen molar-refractivity contribution in [3.8, 4) is 0 Å². The van der Waals surface area contributed by atoms with Crippen molar-refractivity contribution in [2.75, 3.05) is 18.5 Å². The van der Waals surface area contributed by atoms with Gasteiger partial charge in [-0.1, -0.05) is 30.3 Å². The molecule has 0 fully saturated rings. The Hall–Kier alpha value is -2.18. The molecule has 25 heavy (non-hydrogen) atoms. The van der Waals surface area contributed by atoms with E-state index in [1.165, 1.54) is 12.6 Å². The van der Waals surface area contributed by atoms with E-state index in [9.17, 15) is 13.2 Å². The first kappa shape index (κ1) is 17.6. The molecular formula is C19H22N2O3S. The molecule has 0 unspecified atom stereocenters. The molecule has 2 aromatic carbocycles. The Morgan fingerprint density at radius 2 is 1.84 bits per heavy atom. The van der Waals surface area contributed by atoms with E-state index >= 15 is 0 Å². The number of para-hydroxylation sites is 1. The molecule has 0 atom stereocenters. The van der Waals surface area contributed by atoms with Crippen molar-refractivity contribution in [1.82, 2.24) is 4.72 Å². The molecule has 1 aliphatic rings. The number of nitrogens with one attached hydrogen (secondary N) is 1. The third-order valence-corrected chi connectivity index (χ3v) is 5.97. The molecule has 0 saturated heterocycles. The highest BCUT2D eigenvalue weighted by molar-refractivity contribution is 7.89. The Morgan fingerprint density at radius 3 is 2.56 bits per heavy atom. The Kier molecular flexibility index (Phi) is 5.20. The number of nitrogens with zero attached hydrogens (tertiary/aromatic N) is 1. The number of anilines is 1. The molecule has 0 aliphatic carbocycles. The number of fused-ring (bicyclic) bond motifs is 1. The van der Waals surface area contributed by atoms with E-state index in [1.54, 1.807) is 24.3 Å². The third-order valence-electron chi connectivity index (χ3n) is 4.54. The van der Waals surface area contributed by atoms with Gasteiger partial charge in [0, 0.05) is 18.7 Å². The van der Waals surface area contributed by atoms with Crippen LogP contribution in [-0.2, 0) is 27.7 Å². The summed E-state index contributed by atoms with van der Waals surface area (Å²) in [6, 6.07) is 14.7. The highest BCUT2D eigenvalue weighted by Gasteiger charge is 2.21. The van der Waals surface area contributed by atoms with Crippen LogP contribution in [0.3, 0.4) is 0 Å². The van der Waals surface area contributed by atoms with E-state index in [2.05, 4.69) is 10.8 Å². The van der Waals surface area contributed by atoms with Gasteiger partial charge in [-0.25, -0.2) is 13.1 Å². The lowest BCUT2D eigenvalue weighted by Crippen LogP contribution is -2.35. The van der Waals surface area contributed by atoms with E-state index in [4.69, 9.17) is 0 Å². The lowest BCUT2D eigenvalue weighted by Gasteiger charge is -2.29. The standard InChI is InChI=1S/C19H22N2O3S/c1-20-25(23,24)17-11-8-15(9-12-17)10-13-19(22)21-14-4-6-16-5-2-3-7-18(16)21/h2-3,5,7-9,11-12,20H,4,6,10,13-14H2,1H3. The maximum atomic E-state index is 12.6. The first-order valence-corrected chi connectivity index (χ1v) is 9.90. The summed E-state index contributed by atoms with van der Waals surface area (Å²) < 4.78 is 25.8. The molecule has 1 N–H and O–H groups in total. The Morgan fingerprint density at radius 1 is 1.12 bits per heavy atom. The molecule has 0 radical (unpaired) electrons. The minimum absolute atomic E-state index is 0.110. The van der Waals surface area contributed by atoms with Gasteiger partial charge in [0.05, 0.1) is 4.90 Å². The first-order chi connectivity index (χ1) is 12.0. The highest BCUT2D eigenvalue weighted by Crippen LogP contribution is 2.27. The van der Waals surface area contributed by atoms with E-state index in [-0.39, 0.29) is 10.8 Å². The van der Waals surface area contributed by atoms with Crippen molar-refractivity contribution in [2.45, 2.75) is 30.6 Å². The van der Waals surface area contributed by atoms with Crippen molar-refractivity contribution in [3.05, 3.63) is 59.7 Å². The minimum atomic E-state index is -3.42. The SMILES string of the molecule is CNS(=O)(=O)c1ccc(CCC(=O)N2CCCc3ccccc32)cc1. The van der Waals surface area contributed by atoms with E-state index in [0.29, 0.717) is 12.8 Å². The lowest BCUT2D eigenvalue weighted by atomic mass is 10.0. The zero-order valence-electron chi connectivity index (χ0n) is 14.2. The second-order valence-corrected chi connectivity index (χ2v) is 8.02. The van der Waals surface area contributed by atoms with Gasteiger partial charge in [0.1, 0.15) is 0 Å². The van der Waals surface area contributed by atoms with Crippen molar-refractivity contribution in [2.24, 2.45) is 0 Å². The van der Waals surface area contributed by atoms with Crippen LogP contribution < -0.4 is 9.62 Å². The molecule has 0 spiro atoms. The van der Waals surface area contributed by atoms with Crippen molar-refractivity contribution in [3.63, 3.8) is 0 Å². The fraction of sp³-hybridized carbons (Fsp3) is 0.316. The average molecular weight is 358 g/mol. The summed E-state index contributed by atoms with van der Waals surface area (Å²) >= 11 is 0. The number of hydrogen-bond acceptors (Lipinski definition) is 3. The molecule has 1 aliphatic heterocycles. The van der Waals surface area contributed by atoms with Crippen LogP contribution in [0.1, 0.15) is 24.0 Å². The molecule has 1 heterocycles. The number of benzene rings is 2. The normalized spacial score (nSPS) is 14.2. The summed E-state index contributed by atoms with van der Waals surface area (Å²) in [5.74, 6) is 0.110. The second-order valence-electron chi connectivity index (χ2n) is 6.13. The smallest absolute Gasteiger partial charge is 0.240 e. The zero-order valence-corrected chi connectivity index (χ0v) is 15.1. The van der Waals surface area contributed by atoms with Crippen LogP contribution in [0.2, 0.25) is 0 Å². The summed E-state index contributed by atoms with van der Waals surface area (Å²) in [5.41, 5.74) is 3.20. The molecule has 5 nitrogen and oxygen atoms in total. The number of aryl methyl sites for hydroxylation is 2. The Bertz CT molecular complexity index is 860. The molecular weight excluding hydrogens is 336 g/mol. The number of carbonyl (C=O) groups is 1. The number of amides is 1. The molecule has 0 aromatic heterocycles. The molecule has 0 saturated carbocycles. The number of rotatable bonds is 5. The van der Waals surface area contributed by atoms with Gasteiger partial charge in [-0.2, -0.15) is 0 Å². The highest BCUT2D eigenvalue weighted by atomic mass is 32.2. The van der Waals surface area contributed by atoms with Gasteiger partial charge in [-0.3, -0.25) is 4.79 Å². The minimum Gasteiger partial charge on any atom is -0.312 e. The average Bonchev–Trinajstić information content (AvgIpc) is 2.66. The maximum absolute atomic E-state index is 12.6. The Balaban J connectivity index is 1.65. The largest absolute Gasteiger partial charge is 0.312 e. The van der Waals surface area contributed by atoms with Crippen LogP contribution in [0.5, 0.6) is 0 Å². The van der Waals surface area contributed by atoms with Gasteiger partial charge < -0.3 is 4.90 Å². The van der Waals surface area contributed by atoms with Gasteiger partial charge in [-0.05, 0) is 55.6 Å². The van der Waals surface area contributed by atoms with E-state index in [1.807, 2.05) is 23.1 Å². The van der Waals surface area contributed by atoms with Crippen molar-refractivity contribution >= 4 is 21.6 Å². The van der Waals surface area contributed by atoms with Crippen molar-refractivity contribution in [1.29, 1.82) is 0 Å². The quantitative estimate of drug-likeness (QED) is 0.893. The predicted molar refractivity (Wildman–Crippen MR) is 98.1 cm³/mol. The molecule has 0 bridgehead atoms. The molecule has 132 valence electrons. The number of sulfonamides is 1. The zero-order chi connectivity index (χ0) is 17.9. The summed E-state index contributed by atoms with van der Waals surface area (Å²) in [6.45, 7) is 0.759. The summed E-state index contributed by atoms with van der Waals surface area (Å²) in [5, 5.41) is 0. The van der Waals surface area contributed by atoms with Gasteiger partial charge in [0.15, 0.2) is 0 Å². The topological polar surface area (TPSA) is 66.5 Å². The van der Waals surface area contributed by atoms with E-state index in [0.717, 1.165) is 30.6 Å². The summed E-state index contributed by atoms with van der Waals surface area (Å²) in [7, 11) is -2.03. The van der Waals surface area contributed by atoms with Crippen LogP contribution in [-0.4, -0.2) is 27.9 Å². The Labute approximate surface area is 148 Å². The second kappa shape index (κ2) is 7.37. The predicted octanol–water partition coefficient (Wildman–Crippen LogP) is 2.51. The summed E-state index contributed by atoms with van der Waals surface area (Å²) in [6.07, 6.45) is 3.00. The number of hydrogen-bond donors (Lipinski definition) is 1. The lowest BCUT2D eigenvalue weighted by molar-refractivity contribution is -0.118. The van der Waals surface area contributed by atoms with E-state index < -0.39 is 10.0 Å². The first-order valence-electron chi connectivity index (χ1n) is 8.42. The maximum Gasteiger partial charge on any atom is 0.240 e. The van der Waals surface area contributed by atoms with Gasteiger partial charge in [0.25, 0.3) is 0 Å². The van der Waals surface area contributed by atoms with Crippen LogP contribution in [0.4, 0.5) is 5.69 Å². The van der Waals surface area contributed by atoms with Gasteiger partial charge in [-0.15, -0.1) is 0 Å². The van der Waals surface area contributed by atoms with Gasteiger partial charge >= 0.3 is 0 Å². The van der Waals surface area contributed by atoms with Crippen LogP contribution in [0.25, 0.3) is 0 Å². The molecule has 1 amide bonds. The van der Waals surface area contributed by atoms with Crippen molar-refractivity contribution < 1.29 is 13.2 Å². The van der Waals surface area contributed by atoms with Crippen LogP contribution >= 0.6 is 0 Å². The molecule has 2 aromatic rings.